The highest BCUT2D eigenvalue weighted by Crippen LogP contribution is 2.27. The summed E-state index contributed by atoms with van der Waals surface area (Å²) in [5, 5.41) is 9.87. The van der Waals surface area contributed by atoms with E-state index in [0.29, 0.717) is 12.1 Å². The number of rotatable bonds is 4. The molecule has 3 nitrogen and oxygen atoms in total. The molecule has 2 rings (SSSR count). The van der Waals surface area contributed by atoms with Gasteiger partial charge in [-0.1, -0.05) is 0 Å². The quantitative estimate of drug-likeness (QED) is 0.903. The van der Waals surface area contributed by atoms with Crippen LogP contribution in [0.25, 0.3) is 0 Å². The normalized spacial score (nSPS) is 13.0. The number of hydrogen-bond donors (Lipinski definition) is 1. The second-order valence-corrected chi connectivity index (χ2v) is 6.19. The van der Waals surface area contributed by atoms with Gasteiger partial charge in [-0.25, -0.2) is 0 Å². The summed E-state index contributed by atoms with van der Waals surface area (Å²) in [7, 11) is 0. The molecule has 0 aliphatic heterocycles. The third kappa shape index (κ3) is 3.10. The average molecular weight is 314 g/mol. The number of nitrogens with zero attached hydrogens (tertiary/aromatic N) is 2. The van der Waals surface area contributed by atoms with Crippen molar-refractivity contribution in [1.82, 2.24) is 9.78 Å². The summed E-state index contributed by atoms with van der Waals surface area (Å²) in [4.78, 5) is 1.31. The Hall–Kier alpha value is -0.810. The smallest absolute Gasteiger partial charge is 0.0731 e. The molecule has 1 unspecified atom stereocenters. The summed E-state index contributed by atoms with van der Waals surface area (Å²) >= 11 is 5.23. The Morgan fingerprint density at radius 1 is 1.41 bits per heavy atom. The fraction of sp³-hybridized carbons (Fsp3) is 0.417. The maximum absolute atomic E-state index is 4.32. The van der Waals surface area contributed by atoms with Crippen LogP contribution in [0.1, 0.15) is 37.7 Å². The van der Waals surface area contributed by atoms with Gasteiger partial charge in [-0.2, -0.15) is 5.10 Å². The van der Waals surface area contributed by atoms with E-state index in [9.17, 15) is 0 Å². The first-order valence-electron chi connectivity index (χ1n) is 5.61. The Morgan fingerprint density at radius 2 is 2.18 bits per heavy atom. The van der Waals surface area contributed by atoms with Gasteiger partial charge < -0.3 is 5.32 Å². The van der Waals surface area contributed by atoms with Crippen molar-refractivity contribution < 1.29 is 0 Å². The van der Waals surface area contributed by atoms with E-state index in [4.69, 9.17) is 0 Å². The summed E-state index contributed by atoms with van der Waals surface area (Å²) in [6, 6.07) is 2.85. The highest BCUT2D eigenvalue weighted by molar-refractivity contribution is 9.10. The molecule has 0 saturated heterocycles. The van der Waals surface area contributed by atoms with Gasteiger partial charge in [0.1, 0.15) is 0 Å². The largest absolute Gasteiger partial charge is 0.375 e. The average Bonchev–Trinajstić information content (AvgIpc) is 2.86. The van der Waals surface area contributed by atoms with Crippen LogP contribution in [-0.2, 0) is 0 Å². The molecule has 92 valence electrons. The summed E-state index contributed by atoms with van der Waals surface area (Å²) < 4.78 is 3.10. The van der Waals surface area contributed by atoms with Crippen molar-refractivity contribution in [2.75, 3.05) is 5.32 Å². The van der Waals surface area contributed by atoms with Crippen LogP contribution in [0.5, 0.6) is 0 Å². The monoisotopic (exact) mass is 313 g/mol. The van der Waals surface area contributed by atoms with Crippen LogP contribution in [-0.4, -0.2) is 9.78 Å². The van der Waals surface area contributed by atoms with Crippen LogP contribution >= 0.6 is 27.3 Å². The lowest BCUT2D eigenvalue weighted by atomic mass is 10.2. The molecular weight excluding hydrogens is 298 g/mol. The molecule has 0 aromatic carbocycles. The molecule has 1 N–H and O–H groups in total. The molecule has 5 heteroatoms. The molecule has 17 heavy (non-hydrogen) atoms. The van der Waals surface area contributed by atoms with Gasteiger partial charge in [0.05, 0.1) is 17.9 Å². The lowest BCUT2D eigenvalue weighted by molar-refractivity contribution is 0.532. The fourth-order valence-electron chi connectivity index (χ4n) is 1.57. The van der Waals surface area contributed by atoms with Crippen molar-refractivity contribution >= 4 is 33.0 Å². The first kappa shape index (κ1) is 12.6. The molecule has 0 bridgehead atoms. The zero-order chi connectivity index (χ0) is 12.4. The molecule has 0 fully saturated rings. The Labute approximate surface area is 114 Å². The van der Waals surface area contributed by atoms with Crippen molar-refractivity contribution in [2.24, 2.45) is 0 Å². The van der Waals surface area contributed by atoms with Gasteiger partial charge in [0.2, 0.25) is 0 Å². The highest BCUT2D eigenvalue weighted by Gasteiger charge is 2.09. The highest BCUT2D eigenvalue weighted by atomic mass is 79.9. The van der Waals surface area contributed by atoms with Gasteiger partial charge in [-0.05, 0) is 42.8 Å². The molecule has 0 spiro atoms. The van der Waals surface area contributed by atoms with E-state index in [-0.39, 0.29) is 0 Å². The van der Waals surface area contributed by atoms with Crippen LogP contribution in [0.3, 0.4) is 0 Å². The molecule has 2 heterocycles. The zero-order valence-corrected chi connectivity index (χ0v) is 12.5. The Balaban J connectivity index is 2.05. The first-order valence-corrected chi connectivity index (χ1v) is 7.28. The number of hydrogen-bond acceptors (Lipinski definition) is 3. The van der Waals surface area contributed by atoms with Gasteiger partial charge >= 0.3 is 0 Å². The number of aromatic nitrogens is 2. The minimum absolute atomic E-state index is 0.302. The summed E-state index contributed by atoms with van der Waals surface area (Å²) in [6.07, 6.45) is 3.92. The third-order valence-corrected chi connectivity index (χ3v) is 4.40. The molecule has 0 aliphatic rings. The maximum Gasteiger partial charge on any atom is 0.0731 e. The maximum atomic E-state index is 4.32. The topological polar surface area (TPSA) is 29.9 Å². The van der Waals surface area contributed by atoms with Gasteiger partial charge in [-0.3, -0.25) is 4.68 Å². The van der Waals surface area contributed by atoms with Gasteiger partial charge in [-0.15, -0.1) is 11.3 Å². The van der Waals surface area contributed by atoms with E-state index >= 15 is 0 Å². The molecule has 2 aromatic rings. The van der Waals surface area contributed by atoms with Crippen LogP contribution < -0.4 is 5.32 Å². The molecule has 0 amide bonds. The summed E-state index contributed by atoms with van der Waals surface area (Å²) in [5.41, 5.74) is 1.07. The number of thiophene rings is 1. The van der Waals surface area contributed by atoms with E-state index in [1.807, 2.05) is 17.1 Å². The van der Waals surface area contributed by atoms with E-state index < -0.39 is 0 Å². The van der Waals surface area contributed by atoms with Crippen molar-refractivity contribution in [3.8, 4) is 0 Å². The lowest BCUT2D eigenvalue weighted by Crippen LogP contribution is -2.04. The number of nitrogens with one attached hydrogen (secondary N) is 1. The Morgan fingerprint density at radius 3 is 2.71 bits per heavy atom. The van der Waals surface area contributed by atoms with Gasteiger partial charge in [0.25, 0.3) is 0 Å². The SMILES string of the molecule is CC(Nc1cnn(C(C)C)c1)c1cc(Br)cs1. The standard InChI is InChI=1S/C12H16BrN3S/c1-8(2)16-6-11(5-14-16)15-9(3)12-4-10(13)7-17-12/h4-9,15H,1-3H3. The number of halogens is 1. The minimum atomic E-state index is 0.302. The van der Waals surface area contributed by atoms with Crippen LogP contribution in [0, 0.1) is 0 Å². The molecular formula is C12H16BrN3S. The van der Waals surface area contributed by atoms with Crippen molar-refractivity contribution in [2.45, 2.75) is 32.9 Å². The fourth-order valence-corrected chi connectivity index (χ4v) is 3.02. The van der Waals surface area contributed by atoms with Crippen LogP contribution in [0.15, 0.2) is 28.3 Å². The second-order valence-electron chi connectivity index (χ2n) is 4.34. The van der Waals surface area contributed by atoms with Crippen molar-refractivity contribution in [3.05, 3.63) is 33.2 Å². The number of anilines is 1. The lowest BCUT2D eigenvalue weighted by Gasteiger charge is -2.11. The van der Waals surface area contributed by atoms with Crippen molar-refractivity contribution in [3.63, 3.8) is 0 Å². The molecule has 0 aliphatic carbocycles. The summed E-state index contributed by atoms with van der Waals surface area (Å²) in [6.45, 7) is 6.40. The zero-order valence-electron chi connectivity index (χ0n) is 10.1. The van der Waals surface area contributed by atoms with Crippen LogP contribution in [0.4, 0.5) is 5.69 Å². The molecule has 1 atom stereocenters. The Bertz CT molecular complexity index is 489. The van der Waals surface area contributed by atoms with E-state index in [1.165, 1.54) is 4.88 Å². The first-order chi connectivity index (χ1) is 8.06. The van der Waals surface area contributed by atoms with Gasteiger partial charge in [0.15, 0.2) is 0 Å². The van der Waals surface area contributed by atoms with E-state index in [1.54, 1.807) is 11.3 Å². The molecule has 0 radical (unpaired) electrons. The van der Waals surface area contributed by atoms with E-state index in [0.717, 1.165) is 10.2 Å². The minimum Gasteiger partial charge on any atom is -0.375 e. The third-order valence-electron chi connectivity index (χ3n) is 2.53. The van der Waals surface area contributed by atoms with E-state index in [2.05, 4.69) is 58.6 Å². The molecule has 2 aromatic heterocycles. The molecule has 0 saturated carbocycles. The summed E-state index contributed by atoms with van der Waals surface area (Å²) in [5.74, 6) is 0. The second kappa shape index (κ2) is 5.23. The van der Waals surface area contributed by atoms with Crippen molar-refractivity contribution in [1.29, 1.82) is 0 Å². The van der Waals surface area contributed by atoms with Gasteiger partial charge in [0, 0.05) is 27.0 Å². The van der Waals surface area contributed by atoms with Crippen LogP contribution in [0.2, 0.25) is 0 Å². The Kier molecular flexibility index (Phi) is 3.89. The predicted octanol–water partition coefficient (Wildman–Crippen LogP) is 4.46. The predicted molar refractivity (Wildman–Crippen MR) is 76.7 cm³/mol.